The normalized spacial score (nSPS) is 11.8. The highest BCUT2D eigenvalue weighted by molar-refractivity contribution is 5.94. The number of rotatable bonds is 6. The number of nitro benzene ring substituents is 1. The Kier molecular flexibility index (Phi) is 5.59. The molecule has 0 aliphatic heterocycles. The lowest BCUT2D eigenvalue weighted by Gasteiger charge is -2.14. The van der Waals surface area contributed by atoms with Crippen molar-refractivity contribution in [2.75, 3.05) is 18.9 Å². The van der Waals surface area contributed by atoms with Crippen LogP contribution in [0.25, 0.3) is 0 Å². The number of anilines is 1. The van der Waals surface area contributed by atoms with Crippen LogP contribution in [-0.4, -0.2) is 24.4 Å². The van der Waals surface area contributed by atoms with Crippen LogP contribution in [0.5, 0.6) is 0 Å². The first-order valence-corrected chi connectivity index (χ1v) is 7.46. The highest BCUT2D eigenvalue weighted by Crippen LogP contribution is 2.27. The summed E-state index contributed by atoms with van der Waals surface area (Å²) in [4.78, 5) is 23.6. The zero-order valence-electron chi connectivity index (χ0n) is 13.5. The second-order valence-corrected chi connectivity index (χ2v) is 5.71. The molecule has 0 fully saturated rings. The third kappa shape index (κ3) is 4.60. The summed E-state index contributed by atoms with van der Waals surface area (Å²) < 4.78 is 12.9. The fourth-order valence-corrected chi connectivity index (χ4v) is 2.44. The molecular formula is C17H19FN3O3+. The topological polar surface area (TPSA) is 76.7 Å². The van der Waals surface area contributed by atoms with Gasteiger partial charge in [-0.3, -0.25) is 14.9 Å². The van der Waals surface area contributed by atoms with Crippen molar-refractivity contribution in [2.24, 2.45) is 0 Å². The molecule has 0 aliphatic rings. The molecule has 7 heteroatoms. The Labute approximate surface area is 139 Å². The molecule has 1 unspecified atom stereocenters. The van der Waals surface area contributed by atoms with E-state index < -0.39 is 4.92 Å². The van der Waals surface area contributed by atoms with Gasteiger partial charge in [-0.25, -0.2) is 4.39 Å². The molecule has 0 radical (unpaired) electrons. The van der Waals surface area contributed by atoms with Crippen LogP contribution in [0.4, 0.5) is 15.8 Å². The third-order valence-corrected chi connectivity index (χ3v) is 3.59. The number of carbonyl (C=O) groups is 1. The molecule has 0 heterocycles. The SMILES string of the molecule is Cc1cccc([N+](=O)[O-])c1NC(=O)C[NH+](C)Cc1ccc(F)cc1. The predicted octanol–water partition coefficient (Wildman–Crippen LogP) is 1.70. The number of nitrogens with one attached hydrogen (secondary N) is 2. The number of hydrogen-bond donors (Lipinski definition) is 2. The molecule has 2 N–H and O–H groups in total. The number of halogens is 1. The average Bonchev–Trinajstić information content (AvgIpc) is 2.51. The van der Waals surface area contributed by atoms with Crippen LogP contribution in [0.3, 0.4) is 0 Å². The van der Waals surface area contributed by atoms with E-state index in [2.05, 4.69) is 5.32 Å². The van der Waals surface area contributed by atoms with Gasteiger partial charge >= 0.3 is 0 Å². The monoisotopic (exact) mass is 332 g/mol. The van der Waals surface area contributed by atoms with E-state index in [1.165, 1.54) is 18.2 Å². The molecule has 126 valence electrons. The number of benzene rings is 2. The van der Waals surface area contributed by atoms with Crippen LogP contribution < -0.4 is 10.2 Å². The molecular weight excluding hydrogens is 313 g/mol. The minimum Gasteiger partial charge on any atom is -0.326 e. The largest absolute Gasteiger partial charge is 0.326 e. The second-order valence-electron chi connectivity index (χ2n) is 5.71. The minimum absolute atomic E-state index is 0.125. The maximum atomic E-state index is 12.9. The molecule has 6 nitrogen and oxygen atoms in total. The smallest absolute Gasteiger partial charge is 0.293 e. The van der Waals surface area contributed by atoms with Crippen LogP contribution in [0.2, 0.25) is 0 Å². The summed E-state index contributed by atoms with van der Waals surface area (Å²) in [6.07, 6.45) is 0. The zero-order valence-corrected chi connectivity index (χ0v) is 13.5. The maximum Gasteiger partial charge on any atom is 0.293 e. The number of amides is 1. The first-order valence-electron chi connectivity index (χ1n) is 7.46. The minimum atomic E-state index is -0.516. The summed E-state index contributed by atoms with van der Waals surface area (Å²) in [5.41, 5.74) is 1.64. The summed E-state index contributed by atoms with van der Waals surface area (Å²) in [7, 11) is 1.83. The van der Waals surface area contributed by atoms with E-state index in [1.807, 2.05) is 7.05 Å². The molecule has 2 aromatic rings. The lowest BCUT2D eigenvalue weighted by molar-refractivity contribution is -0.885. The molecule has 0 bridgehead atoms. The van der Waals surface area contributed by atoms with Crippen LogP contribution in [0.1, 0.15) is 11.1 Å². The molecule has 0 spiro atoms. The number of aryl methyl sites for hydroxylation is 1. The lowest BCUT2D eigenvalue weighted by Crippen LogP contribution is -3.08. The van der Waals surface area contributed by atoms with Crippen molar-refractivity contribution in [3.05, 3.63) is 69.5 Å². The van der Waals surface area contributed by atoms with E-state index in [-0.39, 0.29) is 29.6 Å². The molecule has 1 atom stereocenters. The van der Waals surface area contributed by atoms with Crippen molar-refractivity contribution in [3.8, 4) is 0 Å². The van der Waals surface area contributed by atoms with Crippen molar-refractivity contribution >= 4 is 17.3 Å². The van der Waals surface area contributed by atoms with E-state index in [0.717, 1.165) is 10.5 Å². The fraction of sp³-hybridized carbons (Fsp3) is 0.235. The number of para-hydroxylation sites is 1. The summed E-state index contributed by atoms with van der Waals surface area (Å²) in [6.45, 7) is 2.39. The van der Waals surface area contributed by atoms with E-state index >= 15 is 0 Å². The van der Waals surface area contributed by atoms with E-state index in [9.17, 15) is 19.3 Å². The number of likely N-dealkylation sites (N-methyl/N-ethyl adjacent to an activating group) is 1. The first-order chi connectivity index (χ1) is 11.4. The van der Waals surface area contributed by atoms with Crippen molar-refractivity contribution in [3.63, 3.8) is 0 Å². The summed E-state index contributed by atoms with van der Waals surface area (Å²) in [5.74, 6) is -0.618. The highest BCUT2D eigenvalue weighted by atomic mass is 19.1. The van der Waals surface area contributed by atoms with Crippen LogP contribution >= 0.6 is 0 Å². The zero-order chi connectivity index (χ0) is 17.7. The Balaban J connectivity index is 2.00. The Morgan fingerprint density at radius 3 is 2.54 bits per heavy atom. The summed E-state index contributed by atoms with van der Waals surface area (Å²) >= 11 is 0. The van der Waals surface area contributed by atoms with Gasteiger partial charge in [0, 0.05) is 11.6 Å². The van der Waals surface area contributed by atoms with Gasteiger partial charge in [-0.1, -0.05) is 24.3 Å². The highest BCUT2D eigenvalue weighted by Gasteiger charge is 2.19. The molecule has 2 rings (SSSR count). The number of nitrogens with zero attached hydrogens (tertiary/aromatic N) is 1. The van der Waals surface area contributed by atoms with E-state index in [0.29, 0.717) is 12.1 Å². The third-order valence-electron chi connectivity index (χ3n) is 3.59. The van der Waals surface area contributed by atoms with Crippen LogP contribution in [0, 0.1) is 22.9 Å². The Hall–Kier alpha value is -2.80. The van der Waals surface area contributed by atoms with Crippen molar-refractivity contribution in [1.29, 1.82) is 0 Å². The lowest BCUT2D eigenvalue weighted by atomic mass is 10.1. The Bertz CT molecular complexity index is 747. The standard InChI is InChI=1S/C17H18FN3O3/c1-12-4-3-5-15(21(23)24)17(12)19-16(22)11-20(2)10-13-6-8-14(18)9-7-13/h3-9H,10-11H2,1-2H3,(H,19,22)/p+1. The van der Waals surface area contributed by atoms with Crippen molar-refractivity contribution in [1.82, 2.24) is 0 Å². The average molecular weight is 332 g/mol. The van der Waals surface area contributed by atoms with Gasteiger partial charge in [0.1, 0.15) is 18.0 Å². The van der Waals surface area contributed by atoms with E-state index in [1.54, 1.807) is 31.2 Å². The first kappa shape index (κ1) is 17.6. The van der Waals surface area contributed by atoms with Crippen molar-refractivity contribution in [2.45, 2.75) is 13.5 Å². The summed E-state index contributed by atoms with van der Waals surface area (Å²) in [5, 5.41) is 13.7. The molecule has 0 saturated heterocycles. The molecule has 1 amide bonds. The van der Waals surface area contributed by atoms with Crippen molar-refractivity contribution < 1.29 is 19.0 Å². The number of quaternary nitrogens is 1. The van der Waals surface area contributed by atoms with Gasteiger partial charge in [-0.05, 0) is 24.6 Å². The summed E-state index contributed by atoms with van der Waals surface area (Å²) in [6, 6.07) is 10.7. The maximum absolute atomic E-state index is 12.9. The van der Waals surface area contributed by atoms with Gasteiger partial charge < -0.3 is 10.2 Å². The quantitative estimate of drug-likeness (QED) is 0.624. The Morgan fingerprint density at radius 2 is 1.92 bits per heavy atom. The number of nitro groups is 1. The molecule has 0 saturated carbocycles. The number of hydrogen-bond acceptors (Lipinski definition) is 3. The van der Waals surface area contributed by atoms with Gasteiger partial charge in [-0.15, -0.1) is 0 Å². The molecule has 0 aliphatic carbocycles. The fourth-order valence-electron chi connectivity index (χ4n) is 2.44. The Morgan fingerprint density at radius 1 is 1.25 bits per heavy atom. The van der Waals surface area contributed by atoms with E-state index in [4.69, 9.17) is 0 Å². The van der Waals surface area contributed by atoms with Gasteiger partial charge in [0.15, 0.2) is 6.54 Å². The van der Waals surface area contributed by atoms with Crippen LogP contribution in [0.15, 0.2) is 42.5 Å². The van der Waals surface area contributed by atoms with Crippen LogP contribution in [-0.2, 0) is 11.3 Å². The van der Waals surface area contributed by atoms with Gasteiger partial charge in [0.05, 0.1) is 12.0 Å². The van der Waals surface area contributed by atoms with Gasteiger partial charge in [-0.2, -0.15) is 0 Å². The second kappa shape index (κ2) is 7.65. The predicted molar refractivity (Wildman–Crippen MR) is 88.3 cm³/mol. The van der Waals surface area contributed by atoms with Gasteiger partial charge in [0.25, 0.3) is 11.6 Å². The van der Waals surface area contributed by atoms with Gasteiger partial charge in [0.2, 0.25) is 0 Å². The number of carbonyl (C=O) groups excluding carboxylic acids is 1. The molecule has 24 heavy (non-hydrogen) atoms. The molecule has 0 aromatic heterocycles. The molecule has 2 aromatic carbocycles.